The second-order valence-electron chi connectivity index (χ2n) is 5.40. The molecule has 0 saturated heterocycles. The van der Waals surface area contributed by atoms with Crippen molar-refractivity contribution in [1.82, 2.24) is 15.8 Å². The number of aromatic nitrogens is 1. The highest BCUT2D eigenvalue weighted by molar-refractivity contribution is 6.30. The summed E-state index contributed by atoms with van der Waals surface area (Å²) < 4.78 is 18.4. The summed E-state index contributed by atoms with van der Waals surface area (Å²) in [5, 5.41) is 10.4. The minimum Gasteiger partial charge on any atom is -0.359 e. The quantitative estimate of drug-likeness (QED) is 0.647. The number of rotatable bonds is 5. The molecule has 0 saturated carbocycles. The molecule has 0 spiro atoms. The normalized spacial score (nSPS) is 11.8. The molecule has 0 aliphatic heterocycles. The Hall–Kier alpha value is -2.08. The summed E-state index contributed by atoms with van der Waals surface area (Å²) >= 11 is 5.76. The number of hydrogen-bond acceptors (Lipinski definition) is 3. The van der Waals surface area contributed by atoms with Crippen molar-refractivity contribution < 1.29 is 8.91 Å². The predicted molar refractivity (Wildman–Crippen MR) is 89.0 cm³/mol. The van der Waals surface area contributed by atoms with E-state index in [1.54, 1.807) is 19.2 Å². The molecule has 1 aromatic carbocycles. The number of guanidine groups is 1. The molecule has 0 unspecified atom stereocenters. The van der Waals surface area contributed by atoms with Crippen LogP contribution >= 0.6 is 11.6 Å². The van der Waals surface area contributed by atoms with Gasteiger partial charge in [0.1, 0.15) is 5.82 Å². The fourth-order valence-corrected chi connectivity index (χ4v) is 2.11. The Morgan fingerprint density at radius 3 is 2.65 bits per heavy atom. The van der Waals surface area contributed by atoms with Crippen LogP contribution in [0.3, 0.4) is 0 Å². The minimum atomic E-state index is -0.427. The van der Waals surface area contributed by atoms with Crippen LogP contribution in [0.15, 0.2) is 33.8 Å². The van der Waals surface area contributed by atoms with Crippen molar-refractivity contribution >= 4 is 17.6 Å². The van der Waals surface area contributed by atoms with Crippen LogP contribution in [0, 0.1) is 5.82 Å². The molecule has 2 rings (SSSR count). The van der Waals surface area contributed by atoms with E-state index in [1.807, 2.05) is 6.07 Å². The largest absolute Gasteiger partial charge is 0.359 e. The second kappa shape index (κ2) is 7.97. The first kappa shape index (κ1) is 17.3. The van der Waals surface area contributed by atoms with E-state index in [9.17, 15) is 4.39 Å². The summed E-state index contributed by atoms with van der Waals surface area (Å²) in [6.07, 6.45) is 0. The van der Waals surface area contributed by atoms with Crippen LogP contribution < -0.4 is 10.6 Å². The van der Waals surface area contributed by atoms with Gasteiger partial charge in [-0.25, -0.2) is 4.39 Å². The van der Waals surface area contributed by atoms with Gasteiger partial charge < -0.3 is 15.2 Å². The Kier molecular flexibility index (Phi) is 5.98. The molecule has 0 radical (unpaired) electrons. The Morgan fingerprint density at radius 2 is 2.04 bits per heavy atom. The van der Waals surface area contributed by atoms with E-state index in [-0.39, 0.29) is 5.02 Å². The van der Waals surface area contributed by atoms with Crippen molar-refractivity contribution in [3.63, 3.8) is 0 Å². The molecule has 0 amide bonds. The highest BCUT2D eigenvalue weighted by Crippen LogP contribution is 2.16. The highest BCUT2D eigenvalue weighted by Gasteiger charge is 2.08. The summed E-state index contributed by atoms with van der Waals surface area (Å²) in [6.45, 7) is 5.07. The monoisotopic (exact) mass is 338 g/mol. The Balaban J connectivity index is 1.86. The molecule has 0 atom stereocenters. The lowest BCUT2D eigenvalue weighted by Crippen LogP contribution is -2.36. The fraction of sp³-hybridized carbons (Fsp3) is 0.375. The van der Waals surface area contributed by atoms with Crippen molar-refractivity contribution in [2.24, 2.45) is 4.99 Å². The van der Waals surface area contributed by atoms with Gasteiger partial charge >= 0.3 is 0 Å². The van der Waals surface area contributed by atoms with E-state index in [0.29, 0.717) is 25.0 Å². The lowest BCUT2D eigenvalue weighted by molar-refractivity contribution is 0.372. The van der Waals surface area contributed by atoms with Crippen molar-refractivity contribution in [2.75, 3.05) is 7.05 Å². The third-order valence-electron chi connectivity index (χ3n) is 3.27. The zero-order chi connectivity index (χ0) is 16.8. The summed E-state index contributed by atoms with van der Waals surface area (Å²) in [4.78, 5) is 4.13. The van der Waals surface area contributed by atoms with Crippen LogP contribution in [0.2, 0.25) is 5.02 Å². The van der Waals surface area contributed by atoms with Crippen molar-refractivity contribution in [3.8, 4) is 0 Å². The van der Waals surface area contributed by atoms with Crippen LogP contribution in [-0.4, -0.2) is 18.2 Å². The Bertz CT molecular complexity index is 684. The summed E-state index contributed by atoms with van der Waals surface area (Å²) in [7, 11) is 1.67. The molecular formula is C16H20ClFN4O. The van der Waals surface area contributed by atoms with Crippen molar-refractivity contribution in [1.29, 1.82) is 0 Å². The molecule has 1 aromatic heterocycles. The fourth-order valence-electron chi connectivity index (χ4n) is 1.91. The number of hydrogen-bond donors (Lipinski definition) is 2. The Morgan fingerprint density at radius 1 is 1.30 bits per heavy atom. The maximum atomic E-state index is 13.1. The lowest BCUT2D eigenvalue weighted by atomic mass is 10.1. The van der Waals surface area contributed by atoms with Crippen LogP contribution in [0.4, 0.5) is 4.39 Å². The maximum Gasteiger partial charge on any atom is 0.191 e. The van der Waals surface area contributed by atoms with Gasteiger partial charge in [0.2, 0.25) is 0 Å². The molecule has 0 fully saturated rings. The molecule has 5 nitrogen and oxygen atoms in total. The molecule has 0 bridgehead atoms. The number of nitrogens with zero attached hydrogens (tertiary/aromatic N) is 2. The predicted octanol–water partition coefficient (Wildman–Crippen LogP) is 3.46. The zero-order valence-corrected chi connectivity index (χ0v) is 14.1. The van der Waals surface area contributed by atoms with Crippen LogP contribution in [0.5, 0.6) is 0 Å². The average Bonchev–Trinajstić information content (AvgIpc) is 3.00. The van der Waals surface area contributed by atoms with Crippen LogP contribution in [-0.2, 0) is 13.1 Å². The Labute approximate surface area is 139 Å². The third-order valence-corrected chi connectivity index (χ3v) is 3.56. The van der Waals surface area contributed by atoms with Crippen LogP contribution in [0.1, 0.15) is 36.8 Å². The number of benzene rings is 1. The molecule has 1 heterocycles. The van der Waals surface area contributed by atoms with E-state index < -0.39 is 5.82 Å². The van der Waals surface area contributed by atoms with Gasteiger partial charge in [0.15, 0.2) is 11.7 Å². The molecule has 23 heavy (non-hydrogen) atoms. The van der Waals surface area contributed by atoms with E-state index in [1.165, 1.54) is 6.07 Å². The van der Waals surface area contributed by atoms with Crippen molar-refractivity contribution in [3.05, 3.63) is 52.1 Å². The standard InChI is InChI=1S/C16H20ClFN4O/c1-10(2)15-7-12(23-22-15)9-21-16(19-3)20-8-11-4-5-14(18)13(17)6-11/h4-7,10H,8-9H2,1-3H3,(H2,19,20,21). The molecule has 7 heteroatoms. The third kappa shape index (κ3) is 4.96. The minimum absolute atomic E-state index is 0.107. The van der Waals surface area contributed by atoms with Crippen LogP contribution in [0.25, 0.3) is 0 Å². The molecule has 124 valence electrons. The molecule has 2 N–H and O–H groups in total. The summed E-state index contributed by atoms with van der Waals surface area (Å²) in [5.41, 5.74) is 1.78. The molecule has 0 aliphatic rings. The second-order valence-corrected chi connectivity index (χ2v) is 5.81. The lowest BCUT2D eigenvalue weighted by Gasteiger charge is -2.11. The van der Waals surface area contributed by atoms with Gasteiger partial charge in [0, 0.05) is 19.7 Å². The number of aliphatic imine (C=N–C) groups is 1. The first-order valence-corrected chi connectivity index (χ1v) is 7.71. The van der Waals surface area contributed by atoms with Gasteiger partial charge in [0.25, 0.3) is 0 Å². The van der Waals surface area contributed by atoms with E-state index in [4.69, 9.17) is 16.1 Å². The van der Waals surface area contributed by atoms with E-state index in [2.05, 4.69) is 34.6 Å². The van der Waals surface area contributed by atoms with E-state index in [0.717, 1.165) is 17.0 Å². The van der Waals surface area contributed by atoms with Gasteiger partial charge in [-0.05, 0) is 23.6 Å². The molecular weight excluding hydrogens is 319 g/mol. The smallest absolute Gasteiger partial charge is 0.191 e. The highest BCUT2D eigenvalue weighted by atomic mass is 35.5. The van der Waals surface area contributed by atoms with Gasteiger partial charge in [-0.1, -0.05) is 36.7 Å². The van der Waals surface area contributed by atoms with E-state index >= 15 is 0 Å². The van der Waals surface area contributed by atoms with Crippen molar-refractivity contribution in [2.45, 2.75) is 32.9 Å². The van der Waals surface area contributed by atoms with Gasteiger partial charge in [-0.15, -0.1) is 0 Å². The van der Waals surface area contributed by atoms with Gasteiger partial charge in [-0.2, -0.15) is 0 Å². The SMILES string of the molecule is CN=C(NCc1ccc(F)c(Cl)c1)NCc1cc(C(C)C)no1. The molecule has 2 aromatic rings. The maximum absolute atomic E-state index is 13.1. The topological polar surface area (TPSA) is 62.5 Å². The summed E-state index contributed by atoms with van der Waals surface area (Å²) in [5.74, 6) is 1.24. The average molecular weight is 339 g/mol. The first-order valence-electron chi connectivity index (χ1n) is 7.33. The number of nitrogens with one attached hydrogen (secondary N) is 2. The first-order chi connectivity index (χ1) is 11.0. The molecule has 0 aliphatic carbocycles. The van der Waals surface area contributed by atoms with Gasteiger partial charge in [-0.3, -0.25) is 4.99 Å². The summed E-state index contributed by atoms with van der Waals surface area (Å²) in [6, 6.07) is 6.53. The van der Waals surface area contributed by atoms with Gasteiger partial charge in [0.05, 0.1) is 17.3 Å². The zero-order valence-electron chi connectivity index (χ0n) is 13.4. The number of halogens is 2.